The standard InChI is InChI=1S/C15H8BrClF6N2O2/c16-11-10(5-24)12(25(7-26-6-17)13(11)14(18,19)20)8-1-3-9(4-2-8)27-15(21,22)23/h1-4H,6-7H2. The fourth-order valence-corrected chi connectivity index (χ4v) is 3.12. The number of rotatable bonds is 5. The summed E-state index contributed by atoms with van der Waals surface area (Å²) in [6, 6.07) is 5.29. The van der Waals surface area contributed by atoms with E-state index in [1.165, 1.54) is 0 Å². The third kappa shape index (κ3) is 4.88. The highest BCUT2D eigenvalue weighted by Crippen LogP contribution is 2.43. The van der Waals surface area contributed by atoms with E-state index in [-0.39, 0.29) is 16.8 Å². The Kier molecular flexibility index (Phi) is 6.34. The van der Waals surface area contributed by atoms with E-state index in [0.29, 0.717) is 4.57 Å². The first-order chi connectivity index (χ1) is 12.5. The summed E-state index contributed by atoms with van der Waals surface area (Å²) in [5.74, 6) is -0.560. The van der Waals surface area contributed by atoms with Gasteiger partial charge in [0.05, 0.1) is 15.7 Å². The molecule has 0 aliphatic rings. The Bertz CT molecular complexity index is 856. The molecule has 12 heteroatoms. The molecule has 0 N–H and O–H groups in total. The van der Waals surface area contributed by atoms with Gasteiger partial charge in [0.25, 0.3) is 0 Å². The van der Waals surface area contributed by atoms with Gasteiger partial charge in [-0.15, -0.1) is 13.2 Å². The fraction of sp³-hybridized carbons (Fsp3) is 0.267. The highest BCUT2D eigenvalue weighted by Gasteiger charge is 2.41. The predicted molar refractivity (Wildman–Crippen MR) is 85.8 cm³/mol. The second-order valence-electron chi connectivity index (χ2n) is 4.94. The zero-order valence-electron chi connectivity index (χ0n) is 13.0. The largest absolute Gasteiger partial charge is 0.573 e. The lowest BCUT2D eigenvalue weighted by atomic mass is 10.1. The van der Waals surface area contributed by atoms with Gasteiger partial charge in [-0.25, -0.2) is 0 Å². The van der Waals surface area contributed by atoms with E-state index < -0.39 is 41.3 Å². The molecule has 27 heavy (non-hydrogen) atoms. The smallest absolute Gasteiger partial charge is 0.406 e. The second-order valence-corrected chi connectivity index (χ2v) is 5.95. The first-order valence-corrected chi connectivity index (χ1v) is 8.21. The summed E-state index contributed by atoms with van der Waals surface area (Å²) in [4.78, 5) is 0. The number of hydrogen-bond acceptors (Lipinski definition) is 3. The van der Waals surface area contributed by atoms with Crippen molar-refractivity contribution < 1.29 is 35.8 Å². The number of ether oxygens (including phenoxy) is 2. The molecule has 4 nitrogen and oxygen atoms in total. The maximum Gasteiger partial charge on any atom is 0.573 e. The molecular formula is C15H8BrClF6N2O2. The van der Waals surface area contributed by atoms with Crippen LogP contribution in [0.1, 0.15) is 11.3 Å². The lowest BCUT2D eigenvalue weighted by Crippen LogP contribution is -2.17. The van der Waals surface area contributed by atoms with Crippen LogP contribution in [0.15, 0.2) is 28.7 Å². The first-order valence-electron chi connectivity index (χ1n) is 6.88. The topological polar surface area (TPSA) is 47.2 Å². The van der Waals surface area contributed by atoms with Gasteiger partial charge in [-0.2, -0.15) is 18.4 Å². The molecule has 0 saturated carbocycles. The van der Waals surface area contributed by atoms with Crippen LogP contribution in [-0.4, -0.2) is 17.0 Å². The fourth-order valence-electron chi connectivity index (χ4n) is 2.34. The number of benzene rings is 1. The Balaban J connectivity index is 2.63. The molecule has 2 rings (SSSR count). The number of nitrogens with zero attached hydrogens (tertiary/aromatic N) is 2. The molecule has 0 saturated heterocycles. The van der Waals surface area contributed by atoms with Crippen LogP contribution in [0.25, 0.3) is 11.3 Å². The van der Waals surface area contributed by atoms with E-state index >= 15 is 0 Å². The van der Waals surface area contributed by atoms with Crippen LogP contribution in [0.5, 0.6) is 5.75 Å². The van der Waals surface area contributed by atoms with Gasteiger partial charge in [0, 0.05) is 0 Å². The Morgan fingerprint density at radius 3 is 2.15 bits per heavy atom. The number of hydrogen-bond donors (Lipinski definition) is 0. The Morgan fingerprint density at radius 1 is 1.11 bits per heavy atom. The maximum atomic E-state index is 13.4. The summed E-state index contributed by atoms with van der Waals surface area (Å²) < 4.78 is 85.8. The minimum Gasteiger partial charge on any atom is -0.406 e. The lowest BCUT2D eigenvalue weighted by Gasteiger charge is -2.15. The van der Waals surface area contributed by atoms with Gasteiger partial charge in [0.2, 0.25) is 0 Å². The van der Waals surface area contributed by atoms with Gasteiger partial charge in [-0.05, 0) is 45.8 Å². The van der Waals surface area contributed by atoms with Crippen molar-refractivity contribution in [3.63, 3.8) is 0 Å². The van der Waals surface area contributed by atoms with E-state index in [4.69, 9.17) is 16.3 Å². The maximum absolute atomic E-state index is 13.4. The van der Waals surface area contributed by atoms with Crippen LogP contribution in [-0.2, 0) is 17.6 Å². The minimum absolute atomic E-state index is 0.0513. The van der Waals surface area contributed by atoms with Gasteiger partial charge in [-0.3, -0.25) is 0 Å². The van der Waals surface area contributed by atoms with E-state index in [2.05, 4.69) is 20.7 Å². The zero-order chi connectivity index (χ0) is 20.4. The van der Waals surface area contributed by atoms with Crippen LogP contribution < -0.4 is 4.74 Å². The van der Waals surface area contributed by atoms with E-state index in [0.717, 1.165) is 24.3 Å². The van der Waals surface area contributed by atoms with Crippen LogP contribution in [0.2, 0.25) is 0 Å². The van der Waals surface area contributed by atoms with Gasteiger partial charge >= 0.3 is 12.5 Å². The Hall–Kier alpha value is -1.90. The zero-order valence-corrected chi connectivity index (χ0v) is 15.3. The van der Waals surface area contributed by atoms with Crippen LogP contribution >= 0.6 is 27.5 Å². The average Bonchev–Trinajstić information content (AvgIpc) is 2.83. The molecule has 2 aromatic rings. The molecule has 1 aromatic heterocycles. The summed E-state index contributed by atoms with van der Waals surface area (Å²) in [7, 11) is 0. The molecule has 1 aromatic carbocycles. The molecule has 0 unspecified atom stereocenters. The Labute approximate surface area is 162 Å². The summed E-state index contributed by atoms with van der Waals surface area (Å²) in [6.45, 7) is -0.630. The van der Waals surface area contributed by atoms with E-state index in [1.807, 2.05) is 0 Å². The molecule has 1 heterocycles. The summed E-state index contributed by atoms with van der Waals surface area (Å²) in [5.41, 5.74) is -1.68. The molecule has 0 aliphatic heterocycles. The highest BCUT2D eigenvalue weighted by molar-refractivity contribution is 9.10. The van der Waals surface area contributed by atoms with Crippen molar-refractivity contribution in [2.75, 3.05) is 6.07 Å². The summed E-state index contributed by atoms with van der Waals surface area (Å²) in [6.07, 6.45) is -9.75. The van der Waals surface area contributed by atoms with Crippen LogP contribution in [0.4, 0.5) is 26.3 Å². The summed E-state index contributed by atoms with van der Waals surface area (Å²) in [5, 5.41) is 9.30. The van der Waals surface area contributed by atoms with Crippen molar-refractivity contribution in [3.05, 3.63) is 40.0 Å². The van der Waals surface area contributed by atoms with Crippen LogP contribution in [0, 0.1) is 11.3 Å². The van der Waals surface area contributed by atoms with Crippen LogP contribution in [0.3, 0.4) is 0 Å². The molecule has 0 aliphatic carbocycles. The quantitative estimate of drug-likeness (QED) is 0.399. The van der Waals surface area contributed by atoms with Crippen molar-refractivity contribution in [1.29, 1.82) is 5.26 Å². The monoisotopic (exact) mass is 476 g/mol. The molecule has 0 atom stereocenters. The number of aromatic nitrogens is 1. The molecule has 0 bridgehead atoms. The van der Waals surface area contributed by atoms with Crippen molar-refractivity contribution >= 4 is 27.5 Å². The molecule has 0 radical (unpaired) electrons. The van der Waals surface area contributed by atoms with Crippen molar-refractivity contribution in [2.45, 2.75) is 19.3 Å². The normalized spacial score (nSPS) is 12.1. The molecule has 0 amide bonds. The van der Waals surface area contributed by atoms with Gasteiger partial charge in [0.1, 0.15) is 30.3 Å². The summed E-state index contributed by atoms with van der Waals surface area (Å²) >= 11 is 8.13. The van der Waals surface area contributed by atoms with Gasteiger partial charge < -0.3 is 14.0 Å². The number of alkyl halides is 7. The van der Waals surface area contributed by atoms with E-state index in [9.17, 15) is 31.6 Å². The molecule has 0 spiro atoms. The van der Waals surface area contributed by atoms with Crippen molar-refractivity contribution in [2.24, 2.45) is 0 Å². The first kappa shape index (κ1) is 21.4. The number of nitriles is 1. The second kappa shape index (κ2) is 8.00. The SMILES string of the molecule is N#Cc1c(Br)c(C(F)(F)F)n(COCCl)c1-c1ccc(OC(F)(F)F)cc1. The minimum atomic E-state index is -4.92. The molecule has 0 fully saturated rings. The van der Waals surface area contributed by atoms with Gasteiger partial charge in [0.15, 0.2) is 0 Å². The predicted octanol–water partition coefficient (Wildman–Crippen LogP) is 5.88. The number of halogens is 8. The third-order valence-corrected chi connectivity index (χ3v) is 4.17. The lowest BCUT2D eigenvalue weighted by molar-refractivity contribution is -0.274. The molecule has 146 valence electrons. The Morgan fingerprint density at radius 2 is 1.70 bits per heavy atom. The van der Waals surface area contributed by atoms with Crippen molar-refractivity contribution in [1.82, 2.24) is 4.57 Å². The van der Waals surface area contributed by atoms with E-state index in [1.54, 1.807) is 6.07 Å². The van der Waals surface area contributed by atoms with Gasteiger partial charge in [-0.1, -0.05) is 11.6 Å². The third-order valence-electron chi connectivity index (χ3n) is 3.24. The highest BCUT2D eigenvalue weighted by atomic mass is 79.9. The molecular weight excluding hydrogens is 470 g/mol. The average molecular weight is 478 g/mol. The van der Waals surface area contributed by atoms with Crippen molar-refractivity contribution in [3.8, 4) is 23.1 Å².